The summed E-state index contributed by atoms with van der Waals surface area (Å²) < 4.78 is 26.5. The van der Waals surface area contributed by atoms with Crippen LogP contribution in [-0.2, 0) is 15.9 Å². The molecule has 2 heterocycles. The number of thiophene rings is 1. The van der Waals surface area contributed by atoms with Crippen molar-refractivity contribution in [1.29, 1.82) is 0 Å². The van der Waals surface area contributed by atoms with Crippen molar-refractivity contribution in [2.45, 2.75) is 30.5 Å². The molecule has 1 saturated heterocycles. The zero-order valence-corrected chi connectivity index (χ0v) is 12.1. The van der Waals surface area contributed by atoms with Gasteiger partial charge in [0.05, 0.1) is 10.8 Å². The standard InChI is InChI=1S/C11H16ClNO2S2/c1-9-3-2-5-13(8-9)17(14,15)11-4-6-16-10(11)7-12/h4,6,9H,2-3,5,7-8H2,1H3. The van der Waals surface area contributed by atoms with Crippen molar-refractivity contribution in [1.82, 2.24) is 4.31 Å². The van der Waals surface area contributed by atoms with Crippen LogP contribution in [0.25, 0.3) is 0 Å². The molecule has 0 spiro atoms. The van der Waals surface area contributed by atoms with Gasteiger partial charge in [-0.1, -0.05) is 6.92 Å². The summed E-state index contributed by atoms with van der Waals surface area (Å²) in [5, 5.41) is 1.79. The molecular weight excluding hydrogens is 278 g/mol. The molecule has 0 saturated carbocycles. The topological polar surface area (TPSA) is 37.4 Å². The summed E-state index contributed by atoms with van der Waals surface area (Å²) in [7, 11) is -3.34. The van der Waals surface area contributed by atoms with E-state index in [2.05, 4.69) is 6.92 Å². The lowest BCUT2D eigenvalue weighted by Gasteiger charge is -2.30. The lowest BCUT2D eigenvalue weighted by atomic mass is 10.0. The summed E-state index contributed by atoms with van der Waals surface area (Å²) in [6, 6.07) is 1.66. The van der Waals surface area contributed by atoms with E-state index < -0.39 is 10.0 Å². The molecule has 0 radical (unpaired) electrons. The summed E-state index contributed by atoms with van der Waals surface area (Å²) in [6.07, 6.45) is 2.05. The highest BCUT2D eigenvalue weighted by molar-refractivity contribution is 7.89. The fraction of sp³-hybridized carbons (Fsp3) is 0.636. The lowest BCUT2D eigenvalue weighted by molar-refractivity contribution is 0.281. The smallest absolute Gasteiger partial charge is 0.207 e. The minimum atomic E-state index is -3.34. The number of alkyl halides is 1. The van der Waals surface area contributed by atoms with E-state index in [4.69, 9.17) is 11.6 Å². The van der Waals surface area contributed by atoms with Gasteiger partial charge in [0.25, 0.3) is 0 Å². The maximum absolute atomic E-state index is 12.4. The van der Waals surface area contributed by atoms with E-state index >= 15 is 0 Å². The number of hydrogen-bond donors (Lipinski definition) is 0. The van der Waals surface area contributed by atoms with Gasteiger partial charge in [0.15, 0.2) is 0 Å². The Hall–Kier alpha value is -0.100. The number of sulfonamides is 1. The second-order valence-corrected chi connectivity index (χ2v) is 7.63. The number of hydrogen-bond acceptors (Lipinski definition) is 3. The van der Waals surface area contributed by atoms with Gasteiger partial charge >= 0.3 is 0 Å². The number of piperidine rings is 1. The molecule has 0 aromatic carbocycles. The Labute approximate surface area is 111 Å². The Bertz CT molecular complexity index is 483. The SMILES string of the molecule is CC1CCCN(S(=O)(=O)c2ccsc2CCl)C1. The maximum Gasteiger partial charge on any atom is 0.244 e. The summed E-state index contributed by atoms with van der Waals surface area (Å²) in [6.45, 7) is 3.35. The summed E-state index contributed by atoms with van der Waals surface area (Å²) in [4.78, 5) is 1.14. The molecule has 17 heavy (non-hydrogen) atoms. The fourth-order valence-electron chi connectivity index (χ4n) is 2.16. The van der Waals surface area contributed by atoms with E-state index in [1.807, 2.05) is 0 Å². The first-order chi connectivity index (χ1) is 8.05. The average molecular weight is 294 g/mol. The molecule has 1 atom stereocenters. The van der Waals surface area contributed by atoms with Crippen LogP contribution < -0.4 is 0 Å². The van der Waals surface area contributed by atoms with Gasteiger partial charge in [0.2, 0.25) is 10.0 Å². The Balaban J connectivity index is 2.30. The molecule has 1 unspecified atom stereocenters. The first kappa shape index (κ1) is 13.3. The first-order valence-corrected chi connectivity index (χ1v) is 8.53. The van der Waals surface area contributed by atoms with Crippen LogP contribution in [0.1, 0.15) is 24.6 Å². The van der Waals surface area contributed by atoms with Crippen LogP contribution in [0.3, 0.4) is 0 Å². The lowest BCUT2D eigenvalue weighted by Crippen LogP contribution is -2.39. The minimum Gasteiger partial charge on any atom is -0.207 e. The predicted octanol–water partition coefficient (Wildman–Crippen LogP) is 2.91. The van der Waals surface area contributed by atoms with Crippen LogP contribution >= 0.6 is 22.9 Å². The van der Waals surface area contributed by atoms with Gasteiger partial charge in [-0.05, 0) is 30.2 Å². The van der Waals surface area contributed by atoms with Gasteiger partial charge in [-0.25, -0.2) is 8.42 Å². The third kappa shape index (κ3) is 2.67. The van der Waals surface area contributed by atoms with Crippen LogP contribution in [0.2, 0.25) is 0 Å². The highest BCUT2D eigenvalue weighted by Gasteiger charge is 2.30. The molecular formula is C11H16ClNO2S2. The Kier molecular flexibility index (Phi) is 4.13. The van der Waals surface area contributed by atoms with Gasteiger partial charge in [0.1, 0.15) is 0 Å². The number of rotatable bonds is 3. The van der Waals surface area contributed by atoms with Crippen molar-refractivity contribution in [3.63, 3.8) is 0 Å². The first-order valence-electron chi connectivity index (χ1n) is 5.68. The zero-order chi connectivity index (χ0) is 12.5. The molecule has 0 N–H and O–H groups in total. The van der Waals surface area contributed by atoms with E-state index in [0.717, 1.165) is 17.7 Å². The second kappa shape index (κ2) is 5.26. The minimum absolute atomic E-state index is 0.260. The Morgan fingerprint density at radius 1 is 1.59 bits per heavy atom. The Morgan fingerprint density at radius 3 is 3.00 bits per heavy atom. The van der Waals surface area contributed by atoms with Gasteiger partial charge in [-0.3, -0.25) is 0 Å². The van der Waals surface area contributed by atoms with Crippen molar-refractivity contribution >= 4 is 33.0 Å². The van der Waals surface area contributed by atoms with Crippen LogP contribution in [0.4, 0.5) is 0 Å². The zero-order valence-electron chi connectivity index (χ0n) is 9.73. The molecule has 2 rings (SSSR count). The van der Waals surface area contributed by atoms with Crippen molar-refractivity contribution < 1.29 is 8.42 Å². The third-order valence-electron chi connectivity index (χ3n) is 3.06. The normalized spacial score (nSPS) is 22.8. The van der Waals surface area contributed by atoms with Crippen LogP contribution in [0.15, 0.2) is 16.3 Å². The molecule has 1 aromatic heterocycles. The van der Waals surface area contributed by atoms with Gasteiger partial charge < -0.3 is 0 Å². The Morgan fingerprint density at radius 2 is 2.35 bits per heavy atom. The molecule has 0 bridgehead atoms. The van der Waals surface area contributed by atoms with E-state index in [-0.39, 0.29) is 5.88 Å². The fourth-order valence-corrected chi connectivity index (χ4v) is 5.43. The maximum atomic E-state index is 12.4. The van der Waals surface area contributed by atoms with E-state index in [1.54, 1.807) is 15.8 Å². The van der Waals surface area contributed by atoms with Crippen molar-refractivity contribution in [3.05, 3.63) is 16.3 Å². The average Bonchev–Trinajstić information content (AvgIpc) is 2.77. The van der Waals surface area contributed by atoms with Crippen molar-refractivity contribution in [3.8, 4) is 0 Å². The molecule has 3 nitrogen and oxygen atoms in total. The van der Waals surface area contributed by atoms with E-state index in [1.165, 1.54) is 11.3 Å². The van der Waals surface area contributed by atoms with Crippen LogP contribution in [0, 0.1) is 5.92 Å². The van der Waals surface area contributed by atoms with Crippen molar-refractivity contribution in [2.75, 3.05) is 13.1 Å². The quantitative estimate of drug-likeness (QED) is 0.804. The third-order valence-corrected chi connectivity index (χ3v) is 6.49. The molecule has 96 valence electrons. The van der Waals surface area contributed by atoms with Gasteiger partial charge in [0, 0.05) is 18.0 Å². The summed E-state index contributed by atoms with van der Waals surface area (Å²) >= 11 is 7.18. The molecule has 1 aliphatic heterocycles. The highest BCUT2D eigenvalue weighted by Crippen LogP contribution is 2.29. The molecule has 0 amide bonds. The molecule has 1 aromatic rings. The van der Waals surface area contributed by atoms with E-state index in [0.29, 0.717) is 23.9 Å². The molecule has 0 aliphatic carbocycles. The van der Waals surface area contributed by atoms with E-state index in [9.17, 15) is 8.42 Å². The number of halogens is 1. The van der Waals surface area contributed by atoms with Crippen molar-refractivity contribution in [2.24, 2.45) is 5.92 Å². The summed E-state index contributed by atoms with van der Waals surface area (Å²) in [5.74, 6) is 0.701. The molecule has 1 fully saturated rings. The van der Waals surface area contributed by atoms with Gasteiger partial charge in [-0.2, -0.15) is 4.31 Å². The number of nitrogens with zero attached hydrogens (tertiary/aromatic N) is 1. The second-order valence-electron chi connectivity index (χ2n) is 4.45. The largest absolute Gasteiger partial charge is 0.244 e. The molecule has 1 aliphatic rings. The van der Waals surface area contributed by atoms with Crippen LogP contribution in [0.5, 0.6) is 0 Å². The monoisotopic (exact) mass is 293 g/mol. The van der Waals surface area contributed by atoms with Crippen LogP contribution in [-0.4, -0.2) is 25.8 Å². The molecule has 6 heteroatoms. The predicted molar refractivity (Wildman–Crippen MR) is 71.0 cm³/mol. The highest BCUT2D eigenvalue weighted by atomic mass is 35.5. The van der Waals surface area contributed by atoms with Gasteiger partial charge in [-0.15, -0.1) is 22.9 Å². The summed E-state index contributed by atoms with van der Waals surface area (Å²) in [5.41, 5.74) is 0.